The first-order chi connectivity index (χ1) is 8.54. The highest BCUT2D eigenvalue weighted by molar-refractivity contribution is 6.01. The van der Waals surface area contributed by atoms with Crippen molar-refractivity contribution in [2.45, 2.75) is 24.9 Å². The van der Waals surface area contributed by atoms with Gasteiger partial charge in [-0.15, -0.1) is 0 Å². The van der Waals surface area contributed by atoms with Gasteiger partial charge in [0.1, 0.15) is 17.2 Å². The molecule has 3 N–H and O–H groups in total. The quantitative estimate of drug-likeness (QED) is 0.756. The van der Waals surface area contributed by atoms with Crippen molar-refractivity contribution in [2.75, 3.05) is 0 Å². The summed E-state index contributed by atoms with van der Waals surface area (Å²) in [6.07, 6.45) is 0.883. The second-order valence-corrected chi connectivity index (χ2v) is 4.60. The average Bonchev–Trinajstić information content (AvgIpc) is 2.66. The first-order valence-corrected chi connectivity index (χ1v) is 5.65. The minimum atomic E-state index is -1.20. The topological polar surface area (TPSA) is 86.2 Å². The number of aromatic amines is 1. The Morgan fingerprint density at radius 3 is 2.78 bits per heavy atom. The number of hydrogen-bond donors (Lipinski definition) is 3. The molecule has 6 heteroatoms. The Bertz CT molecular complexity index is 632. The van der Waals surface area contributed by atoms with E-state index < -0.39 is 11.8 Å². The molecule has 1 heterocycles. The Kier molecular flexibility index (Phi) is 2.34. The van der Waals surface area contributed by atoms with E-state index in [0.29, 0.717) is 24.2 Å². The van der Waals surface area contributed by atoms with Crippen LogP contribution >= 0.6 is 0 Å². The summed E-state index contributed by atoms with van der Waals surface area (Å²) in [7, 11) is 0. The molecule has 1 aliphatic rings. The summed E-state index contributed by atoms with van der Waals surface area (Å²) in [6, 6.07) is 2.19. The van der Waals surface area contributed by atoms with E-state index in [4.69, 9.17) is 5.11 Å². The largest absolute Gasteiger partial charge is 0.478 e. The van der Waals surface area contributed by atoms with Crippen LogP contribution in [0.2, 0.25) is 0 Å². The number of aliphatic hydroxyl groups excluding tert-OH is 1. The summed E-state index contributed by atoms with van der Waals surface area (Å²) in [5, 5.41) is 18.3. The van der Waals surface area contributed by atoms with Crippen LogP contribution in [0.4, 0.5) is 4.39 Å². The highest BCUT2D eigenvalue weighted by Gasteiger charge is 2.31. The summed E-state index contributed by atoms with van der Waals surface area (Å²) in [5.74, 6) is -1.10. The van der Waals surface area contributed by atoms with Gasteiger partial charge < -0.3 is 15.2 Å². The van der Waals surface area contributed by atoms with Crippen LogP contribution in [0.3, 0.4) is 0 Å². The predicted octanol–water partition coefficient (Wildman–Crippen LogP) is 1.64. The molecule has 1 fully saturated rings. The third-order valence-electron chi connectivity index (χ3n) is 3.30. The van der Waals surface area contributed by atoms with Crippen LogP contribution < -0.4 is 0 Å². The van der Waals surface area contributed by atoms with Gasteiger partial charge in [0.05, 0.1) is 17.2 Å². The van der Waals surface area contributed by atoms with Gasteiger partial charge in [-0.05, 0) is 25.0 Å². The number of aromatic nitrogens is 2. The van der Waals surface area contributed by atoms with Crippen LogP contribution in [-0.2, 0) is 0 Å². The van der Waals surface area contributed by atoms with Crippen molar-refractivity contribution in [3.63, 3.8) is 0 Å². The normalized spacial score (nSPS) is 23.0. The number of fused-ring (bicyclic) bond motifs is 1. The highest BCUT2D eigenvalue weighted by atomic mass is 19.1. The van der Waals surface area contributed by atoms with E-state index in [0.717, 1.165) is 6.07 Å². The lowest BCUT2D eigenvalue weighted by molar-refractivity contribution is 0.0695. The van der Waals surface area contributed by atoms with Crippen molar-refractivity contribution in [3.05, 3.63) is 29.3 Å². The Labute approximate surface area is 101 Å². The van der Waals surface area contributed by atoms with Gasteiger partial charge >= 0.3 is 5.97 Å². The zero-order chi connectivity index (χ0) is 12.9. The van der Waals surface area contributed by atoms with Crippen LogP contribution in [0, 0.1) is 5.82 Å². The van der Waals surface area contributed by atoms with Gasteiger partial charge in [0, 0.05) is 5.92 Å². The summed E-state index contributed by atoms with van der Waals surface area (Å²) >= 11 is 0. The van der Waals surface area contributed by atoms with Crippen LogP contribution in [-0.4, -0.2) is 32.3 Å². The van der Waals surface area contributed by atoms with Crippen molar-refractivity contribution < 1.29 is 19.4 Å². The molecule has 0 unspecified atom stereocenters. The first kappa shape index (κ1) is 11.2. The van der Waals surface area contributed by atoms with Gasteiger partial charge in [0.2, 0.25) is 0 Å². The molecule has 0 spiro atoms. The standard InChI is InChI=1S/C12H11FN2O3/c13-6-3-8(12(17)18)10-9(4-6)14-11(15-10)5-1-7(16)2-5/h3-5,7,16H,1-2H2,(H,14,15)(H,17,18). The zero-order valence-electron chi connectivity index (χ0n) is 9.35. The maximum Gasteiger partial charge on any atom is 0.338 e. The fraction of sp³-hybridized carbons (Fsp3) is 0.333. The van der Waals surface area contributed by atoms with E-state index in [9.17, 15) is 14.3 Å². The summed E-state index contributed by atoms with van der Waals surface area (Å²) in [4.78, 5) is 18.2. The summed E-state index contributed by atoms with van der Waals surface area (Å²) in [6.45, 7) is 0. The number of hydrogen-bond acceptors (Lipinski definition) is 3. The van der Waals surface area contributed by atoms with Gasteiger partial charge in [-0.1, -0.05) is 0 Å². The van der Waals surface area contributed by atoms with E-state index in [2.05, 4.69) is 9.97 Å². The van der Waals surface area contributed by atoms with Crippen molar-refractivity contribution in [1.29, 1.82) is 0 Å². The molecule has 94 valence electrons. The Morgan fingerprint density at radius 2 is 2.17 bits per heavy atom. The van der Waals surface area contributed by atoms with Crippen molar-refractivity contribution in [1.82, 2.24) is 9.97 Å². The van der Waals surface area contributed by atoms with E-state index in [1.165, 1.54) is 6.07 Å². The SMILES string of the molecule is O=C(O)c1cc(F)cc2[nH]c(C3CC(O)C3)nc12. The zero-order valence-corrected chi connectivity index (χ0v) is 9.35. The fourth-order valence-corrected chi connectivity index (χ4v) is 2.27. The van der Waals surface area contributed by atoms with E-state index in [1.54, 1.807) is 0 Å². The molecule has 0 amide bonds. The van der Waals surface area contributed by atoms with E-state index >= 15 is 0 Å². The molecule has 0 aliphatic heterocycles. The second-order valence-electron chi connectivity index (χ2n) is 4.60. The monoisotopic (exact) mass is 250 g/mol. The Hall–Kier alpha value is -1.95. The lowest BCUT2D eigenvalue weighted by Crippen LogP contribution is -2.27. The average molecular weight is 250 g/mol. The molecule has 2 aromatic rings. The molecule has 1 saturated carbocycles. The molecule has 5 nitrogen and oxygen atoms in total. The second kappa shape index (κ2) is 3.78. The number of carbonyl (C=O) groups is 1. The molecular weight excluding hydrogens is 239 g/mol. The lowest BCUT2D eigenvalue weighted by Gasteiger charge is -2.29. The summed E-state index contributed by atoms with van der Waals surface area (Å²) < 4.78 is 13.3. The summed E-state index contributed by atoms with van der Waals surface area (Å²) in [5.41, 5.74) is 0.497. The number of H-pyrrole nitrogens is 1. The molecule has 1 aliphatic carbocycles. The smallest absolute Gasteiger partial charge is 0.338 e. The number of nitrogens with zero attached hydrogens (tertiary/aromatic N) is 1. The molecule has 1 aromatic carbocycles. The van der Waals surface area contributed by atoms with Crippen LogP contribution in [0.25, 0.3) is 11.0 Å². The van der Waals surface area contributed by atoms with Gasteiger partial charge in [0.25, 0.3) is 0 Å². The van der Waals surface area contributed by atoms with Crippen LogP contribution in [0.1, 0.15) is 34.9 Å². The van der Waals surface area contributed by atoms with Crippen LogP contribution in [0.15, 0.2) is 12.1 Å². The number of aromatic carboxylic acids is 1. The minimum Gasteiger partial charge on any atom is -0.478 e. The van der Waals surface area contributed by atoms with Crippen LogP contribution in [0.5, 0.6) is 0 Å². The number of rotatable bonds is 2. The molecule has 0 bridgehead atoms. The molecule has 18 heavy (non-hydrogen) atoms. The fourth-order valence-electron chi connectivity index (χ4n) is 2.27. The maximum atomic E-state index is 13.3. The lowest BCUT2D eigenvalue weighted by atomic mass is 9.82. The number of carboxylic acid groups (broad SMARTS) is 1. The number of halogens is 1. The molecule has 0 saturated heterocycles. The molecule has 3 rings (SSSR count). The third kappa shape index (κ3) is 1.65. The van der Waals surface area contributed by atoms with E-state index in [1.807, 2.05) is 0 Å². The van der Waals surface area contributed by atoms with Gasteiger partial charge in [-0.25, -0.2) is 14.2 Å². The minimum absolute atomic E-state index is 0.0945. The molecular formula is C12H11FN2O3. The van der Waals surface area contributed by atoms with E-state index in [-0.39, 0.29) is 23.1 Å². The number of carboxylic acids is 1. The van der Waals surface area contributed by atoms with Crippen molar-refractivity contribution in [2.24, 2.45) is 0 Å². The predicted molar refractivity (Wildman–Crippen MR) is 61.0 cm³/mol. The number of benzene rings is 1. The molecule has 1 aromatic heterocycles. The van der Waals surface area contributed by atoms with Gasteiger partial charge in [-0.2, -0.15) is 0 Å². The highest BCUT2D eigenvalue weighted by Crippen LogP contribution is 2.36. The number of nitrogens with one attached hydrogen (secondary N) is 1. The Morgan fingerprint density at radius 1 is 1.44 bits per heavy atom. The van der Waals surface area contributed by atoms with Gasteiger partial charge in [0.15, 0.2) is 0 Å². The number of imidazole rings is 1. The van der Waals surface area contributed by atoms with Crippen molar-refractivity contribution >= 4 is 17.0 Å². The Balaban J connectivity index is 2.11. The third-order valence-corrected chi connectivity index (χ3v) is 3.30. The molecule has 0 radical (unpaired) electrons. The van der Waals surface area contributed by atoms with Gasteiger partial charge in [-0.3, -0.25) is 0 Å². The number of aliphatic hydroxyl groups is 1. The molecule has 0 atom stereocenters. The first-order valence-electron chi connectivity index (χ1n) is 5.65. The van der Waals surface area contributed by atoms with Crippen molar-refractivity contribution in [3.8, 4) is 0 Å². The maximum absolute atomic E-state index is 13.3.